The van der Waals surface area contributed by atoms with Gasteiger partial charge < -0.3 is 19.7 Å². The number of benzene rings is 1. The van der Waals surface area contributed by atoms with Crippen molar-refractivity contribution in [3.8, 4) is 17.2 Å². The lowest BCUT2D eigenvalue weighted by Crippen LogP contribution is -2.35. The highest BCUT2D eigenvalue weighted by Gasteiger charge is 2.20. The molecule has 0 spiro atoms. The second-order valence-electron chi connectivity index (χ2n) is 11.0. The molecule has 1 aliphatic rings. The van der Waals surface area contributed by atoms with E-state index in [1.807, 2.05) is 39.0 Å². The monoisotopic (exact) mass is 532 g/mol. The molecule has 5 rings (SSSR count). The van der Waals surface area contributed by atoms with Crippen LogP contribution in [0.15, 0.2) is 48.8 Å². The number of carbonyl (C=O) groups excluding carboxylic acids is 1. The summed E-state index contributed by atoms with van der Waals surface area (Å²) in [6.07, 6.45) is 4.91. The Hall–Kier alpha value is -4.05. The van der Waals surface area contributed by atoms with Crippen molar-refractivity contribution in [2.45, 2.75) is 51.6 Å². The highest BCUT2D eigenvalue weighted by Crippen LogP contribution is 2.32. The summed E-state index contributed by atoms with van der Waals surface area (Å²) in [5, 5.41) is 10.4. The van der Waals surface area contributed by atoms with Crippen LogP contribution in [0.4, 0.5) is 10.2 Å². The van der Waals surface area contributed by atoms with Gasteiger partial charge in [0.15, 0.2) is 5.82 Å². The number of H-pyrrole nitrogens is 1. The SMILES string of the molecule is CN1CCC(Oc2ccc3nccc(Oc4cnc(CC(=O)Nc5cc(C(C)(C)C)[nH]n5)c(F)c4)c3c2)CC1. The van der Waals surface area contributed by atoms with Gasteiger partial charge in [-0.2, -0.15) is 5.10 Å². The summed E-state index contributed by atoms with van der Waals surface area (Å²) in [4.78, 5) is 23.3. The van der Waals surface area contributed by atoms with Crippen LogP contribution in [0.1, 0.15) is 45.0 Å². The molecule has 0 radical (unpaired) electrons. The highest BCUT2D eigenvalue weighted by molar-refractivity contribution is 5.91. The molecular weight excluding hydrogens is 499 g/mol. The molecule has 10 heteroatoms. The number of nitrogens with zero attached hydrogens (tertiary/aromatic N) is 4. The number of nitrogens with one attached hydrogen (secondary N) is 2. The van der Waals surface area contributed by atoms with Crippen LogP contribution in [0.25, 0.3) is 10.9 Å². The number of ether oxygens (including phenoxy) is 2. The molecule has 1 aromatic carbocycles. The first-order valence-electron chi connectivity index (χ1n) is 13.1. The van der Waals surface area contributed by atoms with Gasteiger partial charge >= 0.3 is 0 Å². The van der Waals surface area contributed by atoms with E-state index in [2.05, 4.69) is 37.4 Å². The number of pyridine rings is 2. The Labute approximate surface area is 226 Å². The Morgan fingerprint density at radius 3 is 2.64 bits per heavy atom. The van der Waals surface area contributed by atoms with Crippen molar-refractivity contribution >= 4 is 22.6 Å². The molecule has 0 saturated carbocycles. The van der Waals surface area contributed by atoms with Gasteiger partial charge in [0.05, 0.1) is 23.8 Å². The van der Waals surface area contributed by atoms with Gasteiger partial charge in [0.2, 0.25) is 5.91 Å². The number of piperidine rings is 1. The topological polar surface area (TPSA) is 105 Å². The van der Waals surface area contributed by atoms with E-state index in [0.717, 1.165) is 48.3 Å². The molecule has 4 aromatic rings. The Bertz CT molecular complexity index is 1470. The molecule has 0 unspecified atom stereocenters. The lowest BCUT2D eigenvalue weighted by atomic mass is 9.92. The van der Waals surface area contributed by atoms with Gasteiger partial charge in [-0.05, 0) is 44.2 Å². The molecule has 9 nitrogen and oxygen atoms in total. The smallest absolute Gasteiger partial charge is 0.231 e. The highest BCUT2D eigenvalue weighted by atomic mass is 19.1. The summed E-state index contributed by atoms with van der Waals surface area (Å²) in [6, 6.07) is 10.4. The van der Waals surface area contributed by atoms with Gasteiger partial charge in [0.1, 0.15) is 29.2 Å². The Balaban J connectivity index is 1.26. The number of anilines is 1. The third-order valence-electron chi connectivity index (χ3n) is 6.74. The van der Waals surface area contributed by atoms with E-state index < -0.39 is 11.7 Å². The van der Waals surface area contributed by atoms with Crippen LogP contribution in [-0.2, 0) is 16.6 Å². The second-order valence-corrected chi connectivity index (χ2v) is 11.0. The maximum absolute atomic E-state index is 14.9. The number of amides is 1. The number of halogens is 1. The first-order valence-corrected chi connectivity index (χ1v) is 13.1. The number of rotatable bonds is 7. The van der Waals surface area contributed by atoms with E-state index in [1.54, 1.807) is 18.3 Å². The van der Waals surface area contributed by atoms with Crippen LogP contribution >= 0.6 is 0 Å². The minimum atomic E-state index is -0.635. The lowest BCUT2D eigenvalue weighted by Gasteiger charge is -2.29. The predicted octanol–water partition coefficient (Wildman–Crippen LogP) is 5.24. The van der Waals surface area contributed by atoms with Crippen molar-refractivity contribution in [2.75, 3.05) is 25.5 Å². The van der Waals surface area contributed by atoms with Gasteiger partial charge in [-0.15, -0.1) is 0 Å². The van der Waals surface area contributed by atoms with Crippen molar-refractivity contribution in [1.29, 1.82) is 0 Å². The van der Waals surface area contributed by atoms with Gasteiger partial charge in [0, 0.05) is 47.9 Å². The van der Waals surface area contributed by atoms with Crippen LogP contribution < -0.4 is 14.8 Å². The quantitative estimate of drug-likeness (QED) is 0.336. The third-order valence-corrected chi connectivity index (χ3v) is 6.74. The Kier molecular flexibility index (Phi) is 7.47. The van der Waals surface area contributed by atoms with Crippen molar-refractivity contribution in [2.24, 2.45) is 0 Å². The zero-order chi connectivity index (χ0) is 27.6. The molecule has 39 heavy (non-hydrogen) atoms. The van der Waals surface area contributed by atoms with E-state index in [9.17, 15) is 9.18 Å². The van der Waals surface area contributed by atoms with Crippen LogP contribution in [0, 0.1) is 5.82 Å². The number of fused-ring (bicyclic) bond motifs is 1. The van der Waals surface area contributed by atoms with Crippen LogP contribution in [0.5, 0.6) is 17.2 Å². The Morgan fingerprint density at radius 1 is 1.13 bits per heavy atom. The number of aromatic nitrogens is 4. The third kappa shape index (κ3) is 6.51. The second kappa shape index (κ2) is 11.0. The van der Waals surface area contributed by atoms with Crippen LogP contribution in [-0.4, -0.2) is 57.2 Å². The summed E-state index contributed by atoms with van der Waals surface area (Å²) >= 11 is 0. The molecule has 0 bridgehead atoms. The van der Waals surface area contributed by atoms with E-state index in [0.29, 0.717) is 11.6 Å². The van der Waals surface area contributed by atoms with Crippen molar-refractivity contribution in [3.05, 3.63) is 66.0 Å². The summed E-state index contributed by atoms with van der Waals surface area (Å²) in [7, 11) is 2.11. The van der Waals surface area contributed by atoms with Gasteiger partial charge in [0.25, 0.3) is 0 Å². The summed E-state index contributed by atoms with van der Waals surface area (Å²) < 4.78 is 27.1. The fraction of sp³-hybridized carbons (Fsp3) is 0.379. The fourth-order valence-corrected chi connectivity index (χ4v) is 4.43. The number of aromatic amines is 1. The molecular formula is C29H33FN6O3. The molecule has 204 valence electrons. The largest absolute Gasteiger partial charge is 0.490 e. The van der Waals surface area contributed by atoms with E-state index in [-0.39, 0.29) is 29.4 Å². The Morgan fingerprint density at radius 2 is 1.92 bits per heavy atom. The first-order chi connectivity index (χ1) is 18.6. The standard InChI is InChI=1S/C29H33FN6O3/c1-29(2,3)26-16-27(35-34-26)33-28(37)15-24-22(30)14-20(17-32-24)39-25-7-10-31-23-6-5-19(13-21(23)25)38-18-8-11-36(4)12-9-18/h5-7,10,13-14,16-18H,8-9,11-12,15H2,1-4H3,(H2,33,34,35,37). The zero-order valence-electron chi connectivity index (χ0n) is 22.6. The average molecular weight is 533 g/mol. The molecule has 4 heterocycles. The first kappa shape index (κ1) is 26.6. The fourth-order valence-electron chi connectivity index (χ4n) is 4.43. The maximum Gasteiger partial charge on any atom is 0.231 e. The maximum atomic E-state index is 14.9. The van der Waals surface area contributed by atoms with Crippen LogP contribution in [0.2, 0.25) is 0 Å². The zero-order valence-corrected chi connectivity index (χ0v) is 22.6. The van der Waals surface area contributed by atoms with E-state index >= 15 is 0 Å². The molecule has 0 aliphatic carbocycles. The minimum Gasteiger partial charge on any atom is -0.490 e. The molecule has 0 atom stereocenters. The number of hydrogen-bond donors (Lipinski definition) is 2. The molecule has 1 saturated heterocycles. The average Bonchev–Trinajstić information content (AvgIpc) is 3.36. The normalized spacial score (nSPS) is 14.9. The number of likely N-dealkylation sites (tertiary alicyclic amines) is 1. The molecule has 1 amide bonds. The molecule has 1 fully saturated rings. The summed E-state index contributed by atoms with van der Waals surface area (Å²) in [6.45, 7) is 8.12. The lowest BCUT2D eigenvalue weighted by molar-refractivity contribution is -0.115. The predicted molar refractivity (Wildman–Crippen MR) is 147 cm³/mol. The minimum absolute atomic E-state index is 0.0137. The van der Waals surface area contributed by atoms with Gasteiger partial charge in [-0.3, -0.25) is 19.9 Å². The van der Waals surface area contributed by atoms with Gasteiger partial charge in [-0.1, -0.05) is 20.8 Å². The molecule has 2 N–H and O–H groups in total. The number of hydrogen-bond acceptors (Lipinski definition) is 7. The summed E-state index contributed by atoms with van der Waals surface area (Å²) in [5.41, 5.74) is 1.49. The van der Waals surface area contributed by atoms with E-state index in [4.69, 9.17) is 9.47 Å². The molecule has 1 aliphatic heterocycles. The van der Waals surface area contributed by atoms with Crippen molar-refractivity contribution in [1.82, 2.24) is 25.1 Å². The summed E-state index contributed by atoms with van der Waals surface area (Å²) in [5.74, 6) is 0.798. The van der Waals surface area contributed by atoms with E-state index in [1.165, 1.54) is 12.3 Å². The molecule has 3 aromatic heterocycles. The van der Waals surface area contributed by atoms with Gasteiger partial charge in [-0.25, -0.2) is 4.39 Å². The van der Waals surface area contributed by atoms with Crippen molar-refractivity contribution in [3.63, 3.8) is 0 Å². The van der Waals surface area contributed by atoms with Crippen LogP contribution in [0.3, 0.4) is 0 Å². The van der Waals surface area contributed by atoms with Crippen molar-refractivity contribution < 1.29 is 18.7 Å². The number of carbonyl (C=O) groups is 1.